The Hall–Kier alpha value is -2.56. The van der Waals surface area contributed by atoms with Gasteiger partial charge >= 0.3 is 6.18 Å². The first-order valence-corrected chi connectivity index (χ1v) is 6.64. The molecular weight excluding hydrogens is 291 g/mol. The van der Waals surface area contributed by atoms with Crippen LogP contribution < -0.4 is 4.90 Å². The first-order valence-electron chi connectivity index (χ1n) is 6.64. The second kappa shape index (κ2) is 5.02. The van der Waals surface area contributed by atoms with Gasteiger partial charge in [0.1, 0.15) is 0 Å². The number of nitrogens with zero attached hydrogens (tertiary/aromatic N) is 1. The molecule has 0 spiro atoms. The van der Waals surface area contributed by atoms with Gasteiger partial charge in [-0.05, 0) is 23.8 Å². The summed E-state index contributed by atoms with van der Waals surface area (Å²) < 4.78 is 38.3. The molecule has 0 aromatic heterocycles. The van der Waals surface area contributed by atoms with Crippen LogP contribution in [0.3, 0.4) is 0 Å². The second-order valence-electron chi connectivity index (χ2n) is 5.09. The molecule has 0 saturated carbocycles. The first kappa shape index (κ1) is 14.4. The van der Waals surface area contributed by atoms with Crippen LogP contribution in [0.1, 0.15) is 16.7 Å². The van der Waals surface area contributed by atoms with E-state index in [0.717, 1.165) is 17.7 Å². The fourth-order valence-corrected chi connectivity index (χ4v) is 2.54. The fourth-order valence-electron chi connectivity index (χ4n) is 2.54. The Morgan fingerprint density at radius 2 is 1.77 bits per heavy atom. The van der Waals surface area contributed by atoms with E-state index < -0.39 is 11.7 Å². The topological polar surface area (TPSA) is 20.3 Å². The molecule has 2 aromatic rings. The zero-order chi connectivity index (χ0) is 15.9. The highest BCUT2D eigenvalue weighted by molar-refractivity contribution is 6.31. The lowest BCUT2D eigenvalue weighted by Crippen LogP contribution is -2.25. The van der Waals surface area contributed by atoms with E-state index in [2.05, 4.69) is 6.58 Å². The molecule has 2 nitrogen and oxygen atoms in total. The van der Waals surface area contributed by atoms with Crippen LogP contribution in [-0.2, 0) is 17.5 Å². The van der Waals surface area contributed by atoms with Crippen molar-refractivity contribution >= 4 is 17.2 Å². The number of hydrogen-bond acceptors (Lipinski definition) is 1. The highest BCUT2D eigenvalue weighted by Crippen LogP contribution is 2.37. The largest absolute Gasteiger partial charge is 0.416 e. The third-order valence-electron chi connectivity index (χ3n) is 3.62. The molecule has 1 aliphatic heterocycles. The molecule has 0 unspecified atom stereocenters. The summed E-state index contributed by atoms with van der Waals surface area (Å²) in [6, 6.07) is 12.1. The number of carbonyl (C=O) groups is 1. The molecule has 2 aromatic carbocycles. The lowest BCUT2D eigenvalue weighted by Gasteiger charge is -2.18. The molecule has 3 rings (SSSR count). The smallest absolute Gasteiger partial charge is 0.303 e. The first-order chi connectivity index (χ1) is 10.4. The maximum absolute atomic E-state index is 12.8. The van der Waals surface area contributed by atoms with Crippen LogP contribution in [0.2, 0.25) is 0 Å². The van der Waals surface area contributed by atoms with Crippen LogP contribution in [0.25, 0.3) is 5.57 Å². The van der Waals surface area contributed by atoms with Gasteiger partial charge in [-0.1, -0.05) is 36.9 Å². The van der Waals surface area contributed by atoms with Crippen molar-refractivity contribution < 1.29 is 18.0 Å². The van der Waals surface area contributed by atoms with Crippen LogP contribution in [0.15, 0.2) is 55.1 Å². The van der Waals surface area contributed by atoms with E-state index >= 15 is 0 Å². The van der Waals surface area contributed by atoms with Crippen LogP contribution in [0, 0.1) is 0 Å². The minimum Gasteiger partial charge on any atom is -0.303 e. The highest BCUT2D eigenvalue weighted by atomic mass is 19.4. The van der Waals surface area contributed by atoms with Gasteiger partial charge in [0.25, 0.3) is 5.91 Å². The Labute approximate surface area is 125 Å². The summed E-state index contributed by atoms with van der Waals surface area (Å²) in [5.41, 5.74) is 1.47. The number of alkyl halides is 3. The van der Waals surface area contributed by atoms with E-state index in [0.29, 0.717) is 16.8 Å². The number of amides is 1. The molecule has 0 atom stereocenters. The number of para-hydroxylation sites is 1. The molecule has 1 amide bonds. The Kier molecular flexibility index (Phi) is 3.28. The SMILES string of the molecule is C=C1C(=O)N(Cc2cccc(C(F)(F)F)c2)c2ccccc21. The second-order valence-corrected chi connectivity index (χ2v) is 5.09. The molecule has 1 aliphatic rings. The van der Waals surface area contributed by atoms with Crippen molar-refractivity contribution in [1.82, 2.24) is 0 Å². The molecule has 5 heteroatoms. The molecule has 0 bridgehead atoms. The molecule has 112 valence electrons. The van der Waals surface area contributed by atoms with Crippen LogP contribution in [0.4, 0.5) is 18.9 Å². The Morgan fingerprint density at radius 3 is 2.50 bits per heavy atom. The summed E-state index contributed by atoms with van der Waals surface area (Å²) in [6.07, 6.45) is -4.40. The van der Waals surface area contributed by atoms with Gasteiger partial charge in [0.05, 0.1) is 17.8 Å². The Morgan fingerprint density at radius 1 is 1.05 bits per heavy atom. The minimum absolute atomic E-state index is 0.0821. The maximum atomic E-state index is 12.8. The van der Waals surface area contributed by atoms with Crippen LogP contribution in [0.5, 0.6) is 0 Å². The van der Waals surface area contributed by atoms with Gasteiger partial charge in [-0.2, -0.15) is 13.2 Å². The van der Waals surface area contributed by atoms with Crippen molar-refractivity contribution in [3.63, 3.8) is 0 Å². The van der Waals surface area contributed by atoms with Crippen LogP contribution >= 0.6 is 0 Å². The summed E-state index contributed by atoms with van der Waals surface area (Å²) in [7, 11) is 0. The van der Waals surface area contributed by atoms with E-state index in [1.54, 1.807) is 30.3 Å². The third kappa shape index (κ3) is 2.39. The summed E-state index contributed by atoms with van der Waals surface area (Å²) >= 11 is 0. The molecule has 0 radical (unpaired) electrons. The number of halogens is 3. The number of anilines is 1. The quantitative estimate of drug-likeness (QED) is 0.759. The third-order valence-corrected chi connectivity index (χ3v) is 3.62. The van der Waals surface area contributed by atoms with Crippen molar-refractivity contribution in [3.05, 3.63) is 71.8 Å². The molecule has 0 fully saturated rings. The lowest BCUT2D eigenvalue weighted by molar-refractivity contribution is -0.137. The summed E-state index contributed by atoms with van der Waals surface area (Å²) in [4.78, 5) is 13.7. The summed E-state index contributed by atoms with van der Waals surface area (Å²) in [5, 5.41) is 0. The van der Waals surface area contributed by atoms with Crippen LogP contribution in [-0.4, -0.2) is 5.91 Å². The lowest BCUT2D eigenvalue weighted by atomic mass is 10.1. The van der Waals surface area contributed by atoms with E-state index in [4.69, 9.17) is 0 Å². The number of hydrogen-bond donors (Lipinski definition) is 0. The van der Waals surface area contributed by atoms with E-state index in [1.165, 1.54) is 11.0 Å². The van der Waals surface area contributed by atoms with E-state index in [1.807, 2.05) is 0 Å². The monoisotopic (exact) mass is 303 g/mol. The highest BCUT2D eigenvalue weighted by Gasteiger charge is 2.32. The number of carbonyl (C=O) groups excluding carboxylic acids is 1. The van der Waals surface area contributed by atoms with Crippen molar-refractivity contribution in [2.45, 2.75) is 12.7 Å². The normalized spacial score (nSPS) is 14.4. The molecular formula is C17H12F3NO. The van der Waals surface area contributed by atoms with Crippen molar-refractivity contribution in [2.24, 2.45) is 0 Å². The number of benzene rings is 2. The molecule has 0 aliphatic carbocycles. The van der Waals surface area contributed by atoms with Gasteiger partial charge in [0.2, 0.25) is 0 Å². The molecule has 0 saturated heterocycles. The van der Waals surface area contributed by atoms with Gasteiger partial charge < -0.3 is 4.90 Å². The van der Waals surface area contributed by atoms with Gasteiger partial charge in [-0.15, -0.1) is 0 Å². The summed E-state index contributed by atoms with van der Waals surface area (Å²) in [6.45, 7) is 3.84. The zero-order valence-electron chi connectivity index (χ0n) is 11.5. The fraction of sp³-hybridized carbons (Fsp3) is 0.118. The van der Waals surface area contributed by atoms with Crippen molar-refractivity contribution in [3.8, 4) is 0 Å². The van der Waals surface area contributed by atoms with Crippen molar-refractivity contribution in [2.75, 3.05) is 4.90 Å². The van der Waals surface area contributed by atoms with E-state index in [9.17, 15) is 18.0 Å². The summed E-state index contributed by atoms with van der Waals surface area (Å²) in [5.74, 6) is -0.279. The Bertz CT molecular complexity index is 764. The van der Waals surface area contributed by atoms with Gasteiger partial charge in [-0.3, -0.25) is 4.79 Å². The van der Waals surface area contributed by atoms with Gasteiger partial charge in [0.15, 0.2) is 0 Å². The molecule has 22 heavy (non-hydrogen) atoms. The Balaban J connectivity index is 1.94. The van der Waals surface area contributed by atoms with E-state index in [-0.39, 0.29) is 12.5 Å². The molecule has 0 N–H and O–H groups in total. The number of rotatable bonds is 2. The predicted octanol–water partition coefficient (Wildman–Crippen LogP) is 4.27. The standard InChI is InChI=1S/C17H12F3NO/c1-11-14-7-2-3-8-15(14)21(16(11)22)10-12-5-4-6-13(9-12)17(18,19)20/h2-9H,1,10H2. The zero-order valence-corrected chi connectivity index (χ0v) is 11.5. The van der Waals surface area contributed by atoms with Crippen molar-refractivity contribution in [1.29, 1.82) is 0 Å². The molecule has 1 heterocycles. The average Bonchev–Trinajstić information content (AvgIpc) is 2.72. The minimum atomic E-state index is -4.40. The predicted molar refractivity (Wildman–Crippen MR) is 78.1 cm³/mol. The maximum Gasteiger partial charge on any atom is 0.416 e. The van der Waals surface area contributed by atoms with Gasteiger partial charge in [0, 0.05) is 11.1 Å². The van der Waals surface area contributed by atoms with Gasteiger partial charge in [-0.25, -0.2) is 0 Å². The number of fused-ring (bicyclic) bond motifs is 1. The average molecular weight is 303 g/mol.